The Bertz CT molecular complexity index is 486. The standard InChI is InChI=1S/C13H14N2O2/c1-16-12-6-5-10(14)8-13(12)17-9-11-4-2-3-7-15-11/h2-8H,9,14H2,1H3. The van der Waals surface area contributed by atoms with Gasteiger partial charge in [-0.2, -0.15) is 0 Å². The molecule has 0 aliphatic rings. The van der Waals surface area contributed by atoms with Crippen molar-refractivity contribution >= 4 is 5.69 Å². The number of hydrogen-bond acceptors (Lipinski definition) is 4. The zero-order valence-corrected chi connectivity index (χ0v) is 9.59. The van der Waals surface area contributed by atoms with Gasteiger partial charge in [0.25, 0.3) is 0 Å². The second-order valence-corrected chi connectivity index (χ2v) is 3.52. The van der Waals surface area contributed by atoms with Gasteiger partial charge in [0.05, 0.1) is 12.8 Å². The molecule has 0 aliphatic carbocycles. The van der Waals surface area contributed by atoms with Crippen molar-refractivity contribution in [3.63, 3.8) is 0 Å². The minimum atomic E-state index is 0.390. The predicted octanol–water partition coefficient (Wildman–Crippen LogP) is 2.25. The lowest BCUT2D eigenvalue weighted by molar-refractivity contribution is 0.281. The van der Waals surface area contributed by atoms with E-state index in [4.69, 9.17) is 15.2 Å². The number of ether oxygens (including phenoxy) is 2. The van der Waals surface area contributed by atoms with Crippen LogP contribution < -0.4 is 15.2 Å². The van der Waals surface area contributed by atoms with Crippen LogP contribution >= 0.6 is 0 Å². The first kappa shape index (κ1) is 11.3. The van der Waals surface area contributed by atoms with E-state index in [1.54, 1.807) is 31.5 Å². The van der Waals surface area contributed by atoms with Crippen LogP contribution in [0.2, 0.25) is 0 Å². The Morgan fingerprint density at radius 2 is 2.06 bits per heavy atom. The van der Waals surface area contributed by atoms with E-state index in [-0.39, 0.29) is 0 Å². The van der Waals surface area contributed by atoms with Crippen molar-refractivity contribution in [2.75, 3.05) is 12.8 Å². The summed E-state index contributed by atoms with van der Waals surface area (Å²) >= 11 is 0. The summed E-state index contributed by atoms with van der Waals surface area (Å²) in [6.07, 6.45) is 1.73. The maximum atomic E-state index is 5.70. The third-order valence-corrected chi connectivity index (χ3v) is 2.29. The van der Waals surface area contributed by atoms with Crippen molar-refractivity contribution < 1.29 is 9.47 Å². The molecule has 1 aromatic heterocycles. The van der Waals surface area contributed by atoms with Crippen molar-refractivity contribution in [1.29, 1.82) is 0 Å². The van der Waals surface area contributed by atoms with Gasteiger partial charge in [-0.25, -0.2) is 0 Å². The maximum absolute atomic E-state index is 5.70. The predicted molar refractivity (Wildman–Crippen MR) is 66.0 cm³/mol. The van der Waals surface area contributed by atoms with Gasteiger partial charge in [-0.3, -0.25) is 4.98 Å². The lowest BCUT2D eigenvalue weighted by Gasteiger charge is -2.10. The summed E-state index contributed by atoms with van der Waals surface area (Å²) in [4.78, 5) is 4.17. The minimum Gasteiger partial charge on any atom is -0.493 e. The van der Waals surface area contributed by atoms with Gasteiger partial charge >= 0.3 is 0 Å². The fraction of sp³-hybridized carbons (Fsp3) is 0.154. The van der Waals surface area contributed by atoms with Gasteiger partial charge in [0.15, 0.2) is 11.5 Å². The molecule has 2 aromatic rings. The molecule has 4 nitrogen and oxygen atoms in total. The first-order chi connectivity index (χ1) is 8.29. The lowest BCUT2D eigenvalue weighted by atomic mass is 10.3. The Kier molecular flexibility index (Phi) is 3.45. The van der Waals surface area contributed by atoms with Crippen LogP contribution in [0.3, 0.4) is 0 Å². The molecule has 88 valence electrons. The van der Waals surface area contributed by atoms with Gasteiger partial charge in [-0.1, -0.05) is 6.07 Å². The molecule has 0 radical (unpaired) electrons. The molecule has 1 aromatic carbocycles. The van der Waals surface area contributed by atoms with E-state index in [1.165, 1.54) is 0 Å². The number of rotatable bonds is 4. The molecular weight excluding hydrogens is 216 g/mol. The van der Waals surface area contributed by atoms with E-state index in [0.717, 1.165) is 5.69 Å². The van der Waals surface area contributed by atoms with Gasteiger partial charge in [0.1, 0.15) is 6.61 Å². The monoisotopic (exact) mass is 230 g/mol. The van der Waals surface area contributed by atoms with E-state index >= 15 is 0 Å². The van der Waals surface area contributed by atoms with Gasteiger partial charge in [-0.05, 0) is 24.3 Å². The number of anilines is 1. The quantitative estimate of drug-likeness (QED) is 0.818. The number of nitrogens with two attached hydrogens (primary N) is 1. The summed E-state index contributed by atoms with van der Waals surface area (Å²) in [6.45, 7) is 0.390. The number of nitrogen functional groups attached to an aromatic ring is 1. The largest absolute Gasteiger partial charge is 0.493 e. The smallest absolute Gasteiger partial charge is 0.163 e. The molecule has 0 aliphatic heterocycles. The van der Waals surface area contributed by atoms with Crippen molar-refractivity contribution in [2.24, 2.45) is 0 Å². The molecule has 0 spiro atoms. The van der Waals surface area contributed by atoms with Gasteiger partial charge in [0.2, 0.25) is 0 Å². The highest BCUT2D eigenvalue weighted by Gasteiger charge is 2.05. The molecule has 2 rings (SSSR count). The Hall–Kier alpha value is -2.23. The first-order valence-corrected chi connectivity index (χ1v) is 5.26. The van der Waals surface area contributed by atoms with Crippen molar-refractivity contribution in [3.8, 4) is 11.5 Å². The van der Waals surface area contributed by atoms with Crippen LogP contribution in [0, 0.1) is 0 Å². The molecule has 0 saturated heterocycles. The van der Waals surface area contributed by atoms with Crippen LogP contribution in [0.5, 0.6) is 11.5 Å². The Morgan fingerprint density at radius 1 is 1.18 bits per heavy atom. The summed E-state index contributed by atoms with van der Waals surface area (Å²) < 4.78 is 10.8. The molecule has 17 heavy (non-hydrogen) atoms. The number of methoxy groups -OCH3 is 1. The maximum Gasteiger partial charge on any atom is 0.163 e. The van der Waals surface area contributed by atoms with E-state index in [9.17, 15) is 0 Å². The molecule has 0 fully saturated rings. The average Bonchev–Trinajstić information content (AvgIpc) is 2.38. The fourth-order valence-corrected chi connectivity index (χ4v) is 1.44. The molecule has 0 unspecified atom stereocenters. The molecule has 0 bridgehead atoms. The normalized spacial score (nSPS) is 9.94. The first-order valence-electron chi connectivity index (χ1n) is 5.26. The van der Waals surface area contributed by atoms with Crippen LogP contribution in [-0.2, 0) is 6.61 Å². The van der Waals surface area contributed by atoms with Gasteiger partial charge < -0.3 is 15.2 Å². The van der Waals surface area contributed by atoms with Gasteiger partial charge in [-0.15, -0.1) is 0 Å². The van der Waals surface area contributed by atoms with E-state index in [1.807, 2.05) is 18.2 Å². The van der Waals surface area contributed by atoms with E-state index < -0.39 is 0 Å². The Balaban J connectivity index is 2.11. The number of aromatic nitrogens is 1. The van der Waals surface area contributed by atoms with Crippen LogP contribution in [0.25, 0.3) is 0 Å². The Labute approximate surface area is 100 Å². The summed E-state index contributed by atoms with van der Waals surface area (Å²) in [6, 6.07) is 11.0. The zero-order chi connectivity index (χ0) is 12.1. The molecular formula is C13H14N2O2. The number of hydrogen-bond donors (Lipinski definition) is 1. The molecule has 2 N–H and O–H groups in total. The second kappa shape index (κ2) is 5.21. The van der Waals surface area contributed by atoms with Gasteiger partial charge in [0, 0.05) is 18.0 Å². The third kappa shape index (κ3) is 2.87. The zero-order valence-electron chi connectivity index (χ0n) is 9.59. The SMILES string of the molecule is COc1ccc(N)cc1OCc1ccccn1. The van der Waals surface area contributed by atoms with Crippen LogP contribution in [-0.4, -0.2) is 12.1 Å². The molecule has 0 atom stereocenters. The van der Waals surface area contributed by atoms with Crippen LogP contribution in [0.4, 0.5) is 5.69 Å². The van der Waals surface area contributed by atoms with Crippen molar-refractivity contribution in [1.82, 2.24) is 4.98 Å². The molecule has 0 saturated carbocycles. The molecule has 4 heteroatoms. The van der Waals surface area contributed by atoms with Crippen molar-refractivity contribution in [2.45, 2.75) is 6.61 Å². The summed E-state index contributed by atoms with van der Waals surface area (Å²) in [5.74, 6) is 1.29. The number of benzene rings is 1. The summed E-state index contributed by atoms with van der Waals surface area (Å²) in [5.41, 5.74) is 7.20. The van der Waals surface area contributed by atoms with E-state index in [0.29, 0.717) is 23.8 Å². The highest BCUT2D eigenvalue weighted by atomic mass is 16.5. The van der Waals surface area contributed by atoms with Crippen LogP contribution in [0.15, 0.2) is 42.6 Å². The number of nitrogens with zero attached hydrogens (tertiary/aromatic N) is 1. The summed E-state index contributed by atoms with van der Waals surface area (Å²) in [7, 11) is 1.60. The lowest BCUT2D eigenvalue weighted by Crippen LogP contribution is -2.00. The third-order valence-electron chi connectivity index (χ3n) is 2.29. The second-order valence-electron chi connectivity index (χ2n) is 3.52. The molecule has 0 amide bonds. The highest BCUT2D eigenvalue weighted by molar-refractivity contribution is 5.51. The van der Waals surface area contributed by atoms with Crippen molar-refractivity contribution in [3.05, 3.63) is 48.3 Å². The Morgan fingerprint density at radius 3 is 2.76 bits per heavy atom. The summed E-state index contributed by atoms with van der Waals surface area (Å²) in [5, 5.41) is 0. The highest BCUT2D eigenvalue weighted by Crippen LogP contribution is 2.29. The van der Waals surface area contributed by atoms with E-state index in [2.05, 4.69) is 4.98 Å². The minimum absolute atomic E-state index is 0.390. The van der Waals surface area contributed by atoms with Crippen LogP contribution in [0.1, 0.15) is 5.69 Å². The molecule has 1 heterocycles. The number of pyridine rings is 1. The average molecular weight is 230 g/mol. The topological polar surface area (TPSA) is 57.4 Å². The fourth-order valence-electron chi connectivity index (χ4n) is 1.44.